The van der Waals surface area contributed by atoms with Crippen molar-refractivity contribution in [3.05, 3.63) is 0 Å². The lowest BCUT2D eigenvalue weighted by Crippen LogP contribution is -2.59. The van der Waals surface area contributed by atoms with E-state index in [1.165, 1.54) is 18.6 Å². The summed E-state index contributed by atoms with van der Waals surface area (Å²) < 4.78 is 5.33. The van der Waals surface area contributed by atoms with Crippen LogP contribution in [0.5, 0.6) is 0 Å². The lowest BCUT2D eigenvalue weighted by Gasteiger charge is -2.42. The van der Waals surface area contributed by atoms with E-state index < -0.39 is 5.60 Å². The highest BCUT2D eigenvalue weighted by molar-refractivity contribution is 7.98. The van der Waals surface area contributed by atoms with Gasteiger partial charge in [0.2, 0.25) is 0 Å². The van der Waals surface area contributed by atoms with Crippen molar-refractivity contribution in [1.29, 1.82) is 0 Å². The molecule has 1 rings (SSSR count). The molecule has 0 aliphatic heterocycles. The molecule has 0 aromatic heterocycles. The first-order chi connectivity index (χ1) is 8.87. The van der Waals surface area contributed by atoms with E-state index in [0.717, 1.165) is 25.9 Å². The maximum absolute atomic E-state index is 11.8. The first kappa shape index (κ1) is 16.6. The summed E-state index contributed by atoms with van der Waals surface area (Å²) in [5, 5.41) is 6.50. The first-order valence-electron chi connectivity index (χ1n) is 7.08. The lowest BCUT2D eigenvalue weighted by molar-refractivity contribution is 0.0383. The van der Waals surface area contributed by atoms with Crippen LogP contribution in [0.15, 0.2) is 0 Å². The minimum atomic E-state index is -0.430. The highest BCUT2D eigenvalue weighted by Gasteiger charge is 2.39. The molecular weight excluding hydrogens is 260 g/mol. The van der Waals surface area contributed by atoms with Gasteiger partial charge >= 0.3 is 6.09 Å². The molecule has 1 aliphatic carbocycles. The van der Waals surface area contributed by atoms with E-state index in [-0.39, 0.29) is 11.6 Å². The van der Waals surface area contributed by atoms with Crippen LogP contribution in [0.1, 0.15) is 46.5 Å². The van der Waals surface area contributed by atoms with Gasteiger partial charge in [-0.1, -0.05) is 0 Å². The van der Waals surface area contributed by atoms with Gasteiger partial charge < -0.3 is 15.4 Å². The largest absolute Gasteiger partial charge is 0.444 e. The molecule has 1 saturated carbocycles. The van der Waals surface area contributed by atoms with Gasteiger partial charge in [-0.05, 0) is 65.0 Å². The van der Waals surface area contributed by atoms with Gasteiger partial charge in [0, 0.05) is 6.54 Å². The number of ether oxygens (including phenoxy) is 1. The summed E-state index contributed by atoms with van der Waals surface area (Å²) in [5.41, 5.74) is -0.511. The number of rotatable bonds is 7. The highest BCUT2D eigenvalue weighted by atomic mass is 32.2. The van der Waals surface area contributed by atoms with Gasteiger partial charge in [-0.2, -0.15) is 11.8 Å². The summed E-state index contributed by atoms with van der Waals surface area (Å²) in [5.74, 6) is 1.18. The van der Waals surface area contributed by atoms with Crippen LogP contribution in [-0.4, -0.2) is 42.3 Å². The van der Waals surface area contributed by atoms with Crippen LogP contribution in [0.3, 0.4) is 0 Å². The smallest absolute Gasteiger partial charge is 0.408 e. The zero-order valence-corrected chi connectivity index (χ0v) is 13.5. The van der Waals surface area contributed by atoms with Gasteiger partial charge in [-0.3, -0.25) is 0 Å². The fourth-order valence-electron chi connectivity index (χ4n) is 2.14. The molecule has 0 atom stereocenters. The number of carbonyl (C=O) groups is 1. The Bertz CT molecular complexity index is 286. The van der Waals surface area contributed by atoms with Crippen LogP contribution in [0.2, 0.25) is 0 Å². The van der Waals surface area contributed by atoms with Gasteiger partial charge in [-0.25, -0.2) is 4.79 Å². The standard InChI is InChI=1S/C14H28N2O2S/c1-13(2,3)18-12(17)16-14(7-5-8-14)11-15-9-6-10-19-4/h15H,5-11H2,1-4H3,(H,16,17). The number of thioether (sulfide) groups is 1. The molecular formula is C14H28N2O2S. The minimum Gasteiger partial charge on any atom is -0.444 e. The number of nitrogens with one attached hydrogen (secondary N) is 2. The van der Waals surface area contributed by atoms with Gasteiger partial charge in [0.15, 0.2) is 0 Å². The summed E-state index contributed by atoms with van der Waals surface area (Å²) in [7, 11) is 0. The third-order valence-electron chi connectivity index (χ3n) is 3.24. The van der Waals surface area contributed by atoms with E-state index in [1.807, 2.05) is 32.5 Å². The topological polar surface area (TPSA) is 50.4 Å². The predicted octanol–water partition coefficient (Wildman–Crippen LogP) is 2.78. The normalized spacial score (nSPS) is 17.7. The van der Waals surface area contributed by atoms with E-state index in [0.29, 0.717) is 0 Å². The molecule has 0 aromatic carbocycles. The van der Waals surface area contributed by atoms with E-state index in [9.17, 15) is 4.79 Å². The van der Waals surface area contributed by atoms with Crippen molar-refractivity contribution in [3.63, 3.8) is 0 Å². The second kappa shape index (κ2) is 7.39. The molecule has 0 radical (unpaired) electrons. The van der Waals surface area contributed by atoms with Crippen molar-refractivity contribution in [2.45, 2.75) is 57.6 Å². The van der Waals surface area contributed by atoms with Crippen LogP contribution in [0.25, 0.3) is 0 Å². The third kappa shape index (κ3) is 6.52. The molecule has 112 valence electrons. The predicted molar refractivity (Wildman–Crippen MR) is 81.8 cm³/mol. The molecule has 1 fully saturated rings. The molecule has 4 nitrogen and oxygen atoms in total. The summed E-state index contributed by atoms with van der Waals surface area (Å²) >= 11 is 1.87. The summed E-state index contributed by atoms with van der Waals surface area (Å²) in [4.78, 5) is 11.8. The van der Waals surface area contributed by atoms with Crippen molar-refractivity contribution in [2.24, 2.45) is 0 Å². The number of carbonyl (C=O) groups excluding carboxylic acids is 1. The van der Waals surface area contributed by atoms with E-state index in [1.54, 1.807) is 0 Å². The number of hydrogen-bond acceptors (Lipinski definition) is 4. The van der Waals surface area contributed by atoms with Gasteiger partial charge in [0.1, 0.15) is 5.60 Å². The fourth-order valence-corrected chi connectivity index (χ4v) is 2.57. The van der Waals surface area contributed by atoms with Crippen molar-refractivity contribution in [1.82, 2.24) is 10.6 Å². The molecule has 0 unspecified atom stereocenters. The average molecular weight is 288 g/mol. The molecule has 0 aromatic rings. The van der Waals surface area contributed by atoms with Crippen molar-refractivity contribution in [3.8, 4) is 0 Å². The summed E-state index contributed by atoms with van der Waals surface area (Å²) in [6, 6.07) is 0. The van der Waals surface area contributed by atoms with Crippen LogP contribution in [-0.2, 0) is 4.74 Å². The molecule has 5 heteroatoms. The monoisotopic (exact) mass is 288 g/mol. The van der Waals surface area contributed by atoms with Gasteiger partial charge in [0.05, 0.1) is 5.54 Å². The van der Waals surface area contributed by atoms with E-state index in [4.69, 9.17) is 4.74 Å². The maximum Gasteiger partial charge on any atom is 0.408 e. The van der Waals surface area contributed by atoms with E-state index in [2.05, 4.69) is 16.9 Å². The highest BCUT2D eigenvalue weighted by Crippen LogP contribution is 2.31. The number of alkyl carbamates (subject to hydrolysis) is 1. The Kier molecular flexibility index (Phi) is 6.47. The van der Waals surface area contributed by atoms with Gasteiger partial charge in [-0.15, -0.1) is 0 Å². The Hall–Kier alpha value is -0.420. The van der Waals surface area contributed by atoms with Crippen molar-refractivity contribution in [2.75, 3.05) is 25.1 Å². The second-order valence-electron chi connectivity index (χ2n) is 6.28. The van der Waals surface area contributed by atoms with Crippen LogP contribution in [0, 0.1) is 0 Å². The molecule has 2 N–H and O–H groups in total. The maximum atomic E-state index is 11.8. The minimum absolute atomic E-state index is 0.0817. The third-order valence-corrected chi connectivity index (χ3v) is 3.94. The Morgan fingerprint density at radius 2 is 2.05 bits per heavy atom. The molecule has 0 bridgehead atoms. The SMILES string of the molecule is CSCCCNCC1(NC(=O)OC(C)(C)C)CCC1. The molecule has 1 aliphatic rings. The number of hydrogen-bond donors (Lipinski definition) is 2. The zero-order valence-electron chi connectivity index (χ0n) is 12.7. The van der Waals surface area contributed by atoms with Crippen LogP contribution in [0.4, 0.5) is 4.79 Å². The second-order valence-corrected chi connectivity index (χ2v) is 7.27. The van der Waals surface area contributed by atoms with Crippen LogP contribution < -0.4 is 10.6 Å². The summed E-state index contributed by atoms with van der Waals surface area (Å²) in [6.45, 7) is 7.53. The number of amides is 1. The van der Waals surface area contributed by atoms with Crippen molar-refractivity contribution < 1.29 is 9.53 Å². The summed E-state index contributed by atoms with van der Waals surface area (Å²) in [6.07, 6.45) is 6.27. The Morgan fingerprint density at radius 1 is 1.37 bits per heavy atom. The fraction of sp³-hybridized carbons (Fsp3) is 0.929. The first-order valence-corrected chi connectivity index (χ1v) is 8.47. The van der Waals surface area contributed by atoms with Crippen molar-refractivity contribution >= 4 is 17.9 Å². The molecule has 0 heterocycles. The Labute approximate surface area is 121 Å². The lowest BCUT2D eigenvalue weighted by atomic mass is 9.76. The zero-order chi connectivity index (χ0) is 14.4. The molecule has 19 heavy (non-hydrogen) atoms. The average Bonchev–Trinajstić information content (AvgIpc) is 2.22. The Balaban J connectivity index is 2.28. The Morgan fingerprint density at radius 3 is 2.53 bits per heavy atom. The quantitative estimate of drug-likeness (QED) is 0.707. The van der Waals surface area contributed by atoms with E-state index >= 15 is 0 Å². The molecule has 0 saturated heterocycles. The van der Waals surface area contributed by atoms with Gasteiger partial charge in [0.25, 0.3) is 0 Å². The molecule has 0 spiro atoms. The molecule has 1 amide bonds. The van der Waals surface area contributed by atoms with Crippen LogP contribution >= 0.6 is 11.8 Å².